The van der Waals surface area contributed by atoms with E-state index in [4.69, 9.17) is 20.6 Å². The van der Waals surface area contributed by atoms with Crippen molar-refractivity contribution in [1.29, 1.82) is 5.41 Å². The van der Waals surface area contributed by atoms with Crippen molar-refractivity contribution in [3.8, 4) is 22.6 Å². The molecular weight excluding hydrogens is 304 g/mol. The number of pyridine rings is 1. The van der Waals surface area contributed by atoms with Crippen molar-refractivity contribution < 1.29 is 9.47 Å². The molecule has 4 N–H and O–H groups in total. The molecule has 0 bridgehead atoms. The van der Waals surface area contributed by atoms with Gasteiger partial charge in [0.2, 0.25) is 0 Å². The smallest absolute Gasteiger partial charge is 0.161 e. The fraction of sp³-hybridized carbons (Fsp3) is 0.111. The largest absolute Gasteiger partial charge is 0.493 e. The lowest BCUT2D eigenvalue weighted by Crippen LogP contribution is -1.95. The van der Waals surface area contributed by atoms with Gasteiger partial charge in [-0.05, 0) is 29.8 Å². The number of rotatable bonds is 5. The monoisotopic (exact) mass is 322 g/mol. The van der Waals surface area contributed by atoms with Gasteiger partial charge in [0, 0.05) is 40.8 Å². The lowest BCUT2D eigenvalue weighted by atomic mass is 10.0. The molecule has 0 unspecified atom stereocenters. The van der Waals surface area contributed by atoms with Gasteiger partial charge in [-0.2, -0.15) is 0 Å². The van der Waals surface area contributed by atoms with E-state index >= 15 is 0 Å². The van der Waals surface area contributed by atoms with Crippen molar-refractivity contribution in [3.05, 3.63) is 48.3 Å². The molecular formula is C18H18N4O2. The van der Waals surface area contributed by atoms with Gasteiger partial charge in [0.1, 0.15) is 5.65 Å². The maximum Gasteiger partial charge on any atom is 0.161 e. The van der Waals surface area contributed by atoms with Crippen molar-refractivity contribution >= 4 is 22.9 Å². The van der Waals surface area contributed by atoms with Gasteiger partial charge in [0.25, 0.3) is 0 Å². The minimum atomic E-state index is 0.516. The zero-order chi connectivity index (χ0) is 17.1. The van der Waals surface area contributed by atoms with Crippen LogP contribution in [0.5, 0.6) is 11.5 Å². The Morgan fingerprint density at radius 3 is 2.67 bits per heavy atom. The summed E-state index contributed by atoms with van der Waals surface area (Å²) in [5, 5.41) is 8.07. The number of hydrogen-bond acceptors (Lipinski definition) is 5. The lowest BCUT2D eigenvalue weighted by molar-refractivity contribution is 0.355. The fourth-order valence-electron chi connectivity index (χ4n) is 2.60. The summed E-state index contributed by atoms with van der Waals surface area (Å²) >= 11 is 0. The molecule has 6 nitrogen and oxygen atoms in total. The molecule has 0 aliphatic rings. The molecule has 0 radical (unpaired) electrons. The molecule has 6 heteroatoms. The van der Waals surface area contributed by atoms with Crippen molar-refractivity contribution in [3.63, 3.8) is 0 Å². The Bertz CT molecular complexity index is 928. The van der Waals surface area contributed by atoms with Crippen LogP contribution >= 0.6 is 0 Å². The first-order valence-electron chi connectivity index (χ1n) is 7.34. The molecule has 3 rings (SSSR count). The van der Waals surface area contributed by atoms with Crippen LogP contribution in [0.15, 0.2) is 42.7 Å². The highest BCUT2D eigenvalue weighted by Crippen LogP contribution is 2.33. The number of methoxy groups -OCH3 is 2. The Morgan fingerprint density at radius 1 is 1.17 bits per heavy atom. The first-order chi connectivity index (χ1) is 11.7. The molecule has 3 aromatic rings. The predicted molar refractivity (Wildman–Crippen MR) is 95.6 cm³/mol. The van der Waals surface area contributed by atoms with Crippen LogP contribution in [0.3, 0.4) is 0 Å². The second-order valence-corrected chi connectivity index (χ2v) is 5.18. The summed E-state index contributed by atoms with van der Waals surface area (Å²) < 4.78 is 10.6. The molecule has 0 fully saturated rings. The van der Waals surface area contributed by atoms with Crippen molar-refractivity contribution in [2.75, 3.05) is 14.2 Å². The van der Waals surface area contributed by atoms with Gasteiger partial charge >= 0.3 is 0 Å². The minimum Gasteiger partial charge on any atom is -0.493 e. The Labute approximate surface area is 139 Å². The molecule has 0 saturated heterocycles. The van der Waals surface area contributed by atoms with Crippen LogP contribution in [-0.2, 0) is 0 Å². The van der Waals surface area contributed by atoms with E-state index in [2.05, 4.69) is 9.97 Å². The van der Waals surface area contributed by atoms with Crippen LogP contribution < -0.4 is 15.2 Å². The summed E-state index contributed by atoms with van der Waals surface area (Å²) in [6.07, 6.45) is 6.30. The van der Waals surface area contributed by atoms with Gasteiger partial charge in [-0.25, -0.2) is 4.98 Å². The van der Waals surface area contributed by atoms with Gasteiger partial charge in [-0.3, -0.25) is 0 Å². The highest BCUT2D eigenvalue weighted by Gasteiger charge is 2.11. The molecule has 0 amide bonds. The van der Waals surface area contributed by atoms with Crippen LogP contribution in [0, 0.1) is 5.41 Å². The Kier molecular flexibility index (Phi) is 4.20. The summed E-state index contributed by atoms with van der Waals surface area (Å²) in [7, 11) is 3.21. The first-order valence-corrected chi connectivity index (χ1v) is 7.34. The number of nitrogens with zero attached hydrogens (tertiary/aromatic N) is 1. The number of nitrogens with two attached hydrogens (primary N) is 1. The van der Waals surface area contributed by atoms with E-state index in [1.54, 1.807) is 32.7 Å². The van der Waals surface area contributed by atoms with E-state index < -0.39 is 0 Å². The molecule has 0 aliphatic carbocycles. The molecule has 1 aromatic carbocycles. The zero-order valence-electron chi connectivity index (χ0n) is 13.5. The Hall–Kier alpha value is -3.28. The van der Waals surface area contributed by atoms with Gasteiger partial charge in [0.05, 0.1) is 14.2 Å². The number of hydrogen-bond donors (Lipinski definition) is 3. The third kappa shape index (κ3) is 2.69. The summed E-state index contributed by atoms with van der Waals surface area (Å²) in [4.78, 5) is 7.55. The van der Waals surface area contributed by atoms with Crippen LogP contribution in [0.2, 0.25) is 0 Å². The van der Waals surface area contributed by atoms with E-state index in [0.29, 0.717) is 17.2 Å². The average Bonchev–Trinajstić information content (AvgIpc) is 3.04. The second-order valence-electron chi connectivity index (χ2n) is 5.18. The third-order valence-electron chi connectivity index (χ3n) is 3.82. The summed E-state index contributed by atoms with van der Waals surface area (Å²) in [5.41, 5.74) is 10.00. The molecule has 2 heterocycles. The van der Waals surface area contributed by atoms with E-state index in [-0.39, 0.29) is 0 Å². The van der Waals surface area contributed by atoms with Crippen molar-refractivity contribution in [2.24, 2.45) is 5.73 Å². The second kappa shape index (κ2) is 6.45. The summed E-state index contributed by atoms with van der Waals surface area (Å²) in [6, 6.07) is 7.73. The van der Waals surface area contributed by atoms with Gasteiger partial charge in [-0.15, -0.1) is 0 Å². The zero-order valence-corrected chi connectivity index (χ0v) is 13.5. The van der Waals surface area contributed by atoms with E-state index in [1.807, 2.05) is 24.3 Å². The summed E-state index contributed by atoms with van der Waals surface area (Å²) in [6.45, 7) is 0. The number of ether oxygens (including phenoxy) is 2. The number of aromatic nitrogens is 2. The molecule has 2 aromatic heterocycles. The van der Waals surface area contributed by atoms with Crippen LogP contribution in [-0.4, -0.2) is 30.4 Å². The van der Waals surface area contributed by atoms with Crippen molar-refractivity contribution in [1.82, 2.24) is 9.97 Å². The average molecular weight is 322 g/mol. The van der Waals surface area contributed by atoms with Gasteiger partial charge in [0.15, 0.2) is 11.5 Å². The normalized spacial score (nSPS) is 11.5. The lowest BCUT2D eigenvalue weighted by Gasteiger charge is -2.10. The Balaban J connectivity index is 2.12. The number of H-pyrrole nitrogens is 1. The molecule has 24 heavy (non-hydrogen) atoms. The van der Waals surface area contributed by atoms with Crippen LogP contribution in [0.25, 0.3) is 27.9 Å². The quantitative estimate of drug-likeness (QED) is 0.628. The highest BCUT2D eigenvalue weighted by atomic mass is 16.5. The highest BCUT2D eigenvalue weighted by molar-refractivity contribution is 5.95. The van der Waals surface area contributed by atoms with Crippen molar-refractivity contribution in [2.45, 2.75) is 0 Å². The van der Waals surface area contributed by atoms with Crippen LogP contribution in [0.1, 0.15) is 5.56 Å². The molecule has 0 atom stereocenters. The van der Waals surface area contributed by atoms with E-state index in [9.17, 15) is 0 Å². The van der Waals surface area contributed by atoms with Gasteiger partial charge < -0.3 is 25.6 Å². The topological polar surface area (TPSA) is 97.0 Å². The first kappa shape index (κ1) is 15.6. The number of fused-ring (bicyclic) bond motifs is 1. The molecule has 0 aliphatic heterocycles. The third-order valence-corrected chi connectivity index (χ3v) is 3.82. The van der Waals surface area contributed by atoms with Gasteiger partial charge in [-0.1, -0.05) is 6.07 Å². The SMILES string of the molecule is COc1ccc(-c2cnc3[nH]cc(/C(N)=C/C=N)c3c2)cc1OC. The summed E-state index contributed by atoms with van der Waals surface area (Å²) in [5.74, 6) is 1.34. The van der Waals surface area contributed by atoms with E-state index in [1.165, 1.54) is 6.21 Å². The van der Waals surface area contributed by atoms with Crippen LogP contribution in [0.4, 0.5) is 0 Å². The molecule has 122 valence electrons. The standard InChI is InChI=1S/C18H18N4O2/c1-23-16-4-3-11(8-17(16)24-2)12-7-13-14(15(20)5-6-19)10-22-18(13)21-9-12/h3-10,19H,20H2,1-2H3,(H,21,22)/b15-5-,19-6?. The maximum absolute atomic E-state index is 7.17. The number of allylic oxidation sites excluding steroid dienone is 1. The molecule has 0 spiro atoms. The number of nitrogens with one attached hydrogen (secondary N) is 2. The maximum atomic E-state index is 7.17. The Morgan fingerprint density at radius 2 is 1.96 bits per heavy atom. The predicted octanol–water partition coefficient (Wildman–Crippen LogP) is 3.20. The van der Waals surface area contributed by atoms with E-state index in [0.717, 1.165) is 27.7 Å². The number of benzene rings is 1. The number of aromatic amines is 1. The molecule has 0 saturated carbocycles. The fourth-order valence-corrected chi connectivity index (χ4v) is 2.60. The minimum absolute atomic E-state index is 0.516.